The first-order valence-electron chi connectivity index (χ1n) is 3.26. The summed E-state index contributed by atoms with van der Waals surface area (Å²) in [5.41, 5.74) is 2.34. The second kappa shape index (κ2) is 3.12. The molecule has 0 unspecified atom stereocenters. The quantitative estimate of drug-likeness (QED) is 0.422. The molecule has 1 aromatic carbocycles. The van der Waals surface area contributed by atoms with Gasteiger partial charge in [-0.05, 0) is 0 Å². The summed E-state index contributed by atoms with van der Waals surface area (Å²) in [6.07, 6.45) is 0. The molecule has 2 nitrogen and oxygen atoms in total. The molecule has 0 saturated carbocycles. The van der Waals surface area contributed by atoms with Gasteiger partial charge >= 0.3 is 76.6 Å². The van der Waals surface area contributed by atoms with Crippen LogP contribution in [-0.2, 0) is 11.3 Å². The minimum absolute atomic E-state index is 0.680. The van der Waals surface area contributed by atoms with Gasteiger partial charge in [0.1, 0.15) is 0 Å². The normalized spacial score (nSPS) is 14.6. The Hall–Kier alpha value is -0.0651. The van der Waals surface area contributed by atoms with Gasteiger partial charge in [-0.15, -0.1) is 0 Å². The van der Waals surface area contributed by atoms with E-state index < -0.39 is 21.6 Å². The molecular weight excluding hydrogens is 254 g/mol. The molecule has 4 heteroatoms. The Morgan fingerprint density at radius 2 is 2.45 bits per heavy atom. The van der Waals surface area contributed by atoms with Gasteiger partial charge in [0.25, 0.3) is 0 Å². The van der Waals surface area contributed by atoms with E-state index in [9.17, 15) is 0 Å². The van der Waals surface area contributed by atoms with Crippen molar-refractivity contribution >= 4 is 12.9 Å². The summed E-state index contributed by atoms with van der Waals surface area (Å²) in [7, 11) is 1.75. The molecule has 1 aliphatic rings. The average molecular weight is 260 g/mol. The summed E-state index contributed by atoms with van der Waals surface area (Å²) in [4.78, 5) is 0. The standard InChI is InChI=1S/C7H6BIO2/c10-9-6-2-1-5-4-11-8-7(5)3-6/h1-3,10H,4H2/q-1. The number of hydrogen-bond donors (Lipinski definition) is 1. The summed E-state index contributed by atoms with van der Waals surface area (Å²) in [5.74, 6) is 0. The van der Waals surface area contributed by atoms with Crippen molar-refractivity contribution in [3.8, 4) is 0 Å². The van der Waals surface area contributed by atoms with Crippen LogP contribution in [0.25, 0.3) is 0 Å². The third-order valence-electron chi connectivity index (χ3n) is 1.65. The number of hydrogen-bond acceptors (Lipinski definition) is 2. The van der Waals surface area contributed by atoms with Gasteiger partial charge in [-0.1, -0.05) is 0 Å². The molecular formula is C7H6BIO2-. The zero-order chi connectivity index (χ0) is 7.68. The summed E-state index contributed by atoms with van der Waals surface area (Å²) >= 11 is -0.774. The van der Waals surface area contributed by atoms with E-state index in [1.54, 1.807) is 7.48 Å². The summed E-state index contributed by atoms with van der Waals surface area (Å²) < 4.78 is 15.1. The fourth-order valence-corrected chi connectivity index (χ4v) is 1.90. The molecule has 0 fully saturated rings. The summed E-state index contributed by atoms with van der Waals surface area (Å²) in [5, 5.41) is 0. The van der Waals surface area contributed by atoms with Gasteiger partial charge in [0, 0.05) is 0 Å². The van der Waals surface area contributed by atoms with Crippen LogP contribution in [0.15, 0.2) is 18.2 Å². The molecule has 2 rings (SSSR count). The van der Waals surface area contributed by atoms with Crippen LogP contribution < -0.4 is 27.1 Å². The molecule has 0 spiro atoms. The average Bonchev–Trinajstić information content (AvgIpc) is 2.50. The predicted octanol–water partition coefficient (Wildman–Crippen LogP) is -3.37. The number of benzene rings is 1. The van der Waals surface area contributed by atoms with Crippen LogP contribution in [0.2, 0.25) is 0 Å². The minimum atomic E-state index is -0.774. The van der Waals surface area contributed by atoms with Crippen molar-refractivity contribution in [2.75, 3.05) is 0 Å². The monoisotopic (exact) mass is 260 g/mol. The molecule has 1 heterocycles. The first-order chi connectivity index (χ1) is 5.40. The molecule has 57 valence electrons. The van der Waals surface area contributed by atoms with E-state index in [0.29, 0.717) is 6.61 Å². The van der Waals surface area contributed by atoms with Crippen molar-refractivity contribution in [1.29, 1.82) is 0 Å². The number of rotatable bonds is 1. The molecule has 0 bridgehead atoms. The van der Waals surface area contributed by atoms with Crippen molar-refractivity contribution in [3.05, 3.63) is 27.3 Å². The molecule has 1 aromatic rings. The summed E-state index contributed by atoms with van der Waals surface area (Å²) in [6.45, 7) is 0.680. The van der Waals surface area contributed by atoms with E-state index in [0.717, 1.165) is 9.03 Å². The van der Waals surface area contributed by atoms with E-state index in [4.69, 9.17) is 8.09 Å². The second-order valence-electron chi connectivity index (χ2n) is 2.36. The Bertz CT molecular complexity index is 277. The topological polar surface area (TPSA) is 29.5 Å². The number of halogens is 1. The third kappa shape index (κ3) is 1.43. The molecule has 1 aliphatic heterocycles. The Kier molecular flexibility index (Phi) is 2.15. The van der Waals surface area contributed by atoms with E-state index in [-0.39, 0.29) is 0 Å². The Balaban J connectivity index is 2.41. The Labute approximate surface area is 76.7 Å². The third-order valence-corrected chi connectivity index (χ3v) is 2.88. The molecule has 0 amide bonds. The maximum absolute atomic E-state index is 8.92. The van der Waals surface area contributed by atoms with Gasteiger partial charge in [-0.2, -0.15) is 0 Å². The van der Waals surface area contributed by atoms with Gasteiger partial charge in [-0.3, -0.25) is 0 Å². The fraction of sp³-hybridized carbons (Fsp3) is 0.143. The van der Waals surface area contributed by atoms with Gasteiger partial charge < -0.3 is 0 Å². The van der Waals surface area contributed by atoms with Crippen LogP contribution in [0.4, 0.5) is 0 Å². The first-order valence-corrected chi connectivity index (χ1v) is 5.31. The Morgan fingerprint density at radius 1 is 1.55 bits per heavy atom. The second-order valence-corrected chi connectivity index (χ2v) is 4.08. The van der Waals surface area contributed by atoms with Crippen molar-refractivity contribution in [2.45, 2.75) is 6.61 Å². The Morgan fingerprint density at radius 3 is 3.27 bits per heavy atom. The summed E-state index contributed by atoms with van der Waals surface area (Å²) in [6, 6.07) is 5.98. The molecule has 1 N–H and O–H groups in total. The van der Waals surface area contributed by atoms with Crippen LogP contribution in [0.3, 0.4) is 0 Å². The van der Waals surface area contributed by atoms with Crippen LogP contribution in [0.1, 0.15) is 5.56 Å². The van der Waals surface area contributed by atoms with Gasteiger partial charge in [-0.25, -0.2) is 0 Å². The van der Waals surface area contributed by atoms with Crippen LogP contribution >= 0.6 is 0 Å². The fourth-order valence-electron chi connectivity index (χ4n) is 1.08. The maximum atomic E-state index is 8.92. The molecule has 1 radical (unpaired) electrons. The molecule has 0 aliphatic carbocycles. The van der Waals surface area contributed by atoms with E-state index in [1.807, 2.05) is 18.2 Å². The van der Waals surface area contributed by atoms with Crippen molar-refractivity contribution in [1.82, 2.24) is 0 Å². The predicted molar refractivity (Wildman–Crippen MR) is 37.5 cm³/mol. The first kappa shape index (κ1) is 7.58. The number of fused-ring (bicyclic) bond motifs is 1. The van der Waals surface area contributed by atoms with Crippen LogP contribution in [0.5, 0.6) is 0 Å². The van der Waals surface area contributed by atoms with Crippen LogP contribution in [-0.4, -0.2) is 10.9 Å². The zero-order valence-corrected chi connectivity index (χ0v) is 7.91. The molecule has 0 atom stereocenters. The van der Waals surface area contributed by atoms with Crippen molar-refractivity contribution in [2.24, 2.45) is 0 Å². The van der Waals surface area contributed by atoms with Crippen molar-refractivity contribution < 1.29 is 29.7 Å². The SMILES string of the molecule is O[I-]c1ccc2c(c1)[B]OC2. The van der Waals surface area contributed by atoms with Gasteiger partial charge in [0.05, 0.1) is 0 Å². The van der Waals surface area contributed by atoms with Gasteiger partial charge in [0.15, 0.2) is 0 Å². The van der Waals surface area contributed by atoms with E-state index in [2.05, 4.69) is 0 Å². The van der Waals surface area contributed by atoms with Crippen LogP contribution in [0, 0.1) is 3.57 Å². The molecule has 0 aromatic heterocycles. The van der Waals surface area contributed by atoms with Gasteiger partial charge in [0.2, 0.25) is 0 Å². The zero-order valence-electron chi connectivity index (χ0n) is 5.75. The molecule has 0 saturated heterocycles. The van der Waals surface area contributed by atoms with E-state index >= 15 is 0 Å². The van der Waals surface area contributed by atoms with Crippen molar-refractivity contribution in [3.63, 3.8) is 0 Å². The van der Waals surface area contributed by atoms with E-state index in [1.165, 1.54) is 5.56 Å². The molecule has 11 heavy (non-hydrogen) atoms.